The van der Waals surface area contributed by atoms with Crippen LogP contribution in [-0.4, -0.2) is 15.6 Å². The number of benzene rings is 1. The third kappa shape index (κ3) is 1.96. The van der Waals surface area contributed by atoms with Gasteiger partial charge in [-0.1, -0.05) is 31.4 Å². The van der Waals surface area contributed by atoms with E-state index in [-0.39, 0.29) is 11.5 Å². The van der Waals surface area contributed by atoms with Crippen molar-refractivity contribution >= 4 is 22.6 Å². The molecular formula is C15H20ClN3. The van der Waals surface area contributed by atoms with Crippen LogP contribution in [0.5, 0.6) is 0 Å². The third-order valence-corrected chi connectivity index (χ3v) is 4.87. The van der Waals surface area contributed by atoms with Crippen molar-refractivity contribution in [1.82, 2.24) is 9.55 Å². The molecule has 2 unspecified atom stereocenters. The molecule has 1 saturated carbocycles. The average molecular weight is 278 g/mol. The zero-order valence-electron chi connectivity index (χ0n) is 11.5. The van der Waals surface area contributed by atoms with Crippen LogP contribution in [0.4, 0.5) is 0 Å². The van der Waals surface area contributed by atoms with Gasteiger partial charge in [0.25, 0.3) is 0 Å². The lowest BCUT2D eigenvalue weighted by Crippen LogP contribution is -2.47. The lowest BCUT2D eigenvalue weighted by atomic mass is 9.71. The molecule has 2 N–H and O–H groups in total. The molecule has 1 fully saturated rings. The number of halogens is 1. The van der Waals surface area contributed by atoms with Gasteiger partial charge in [-0.3, -0.25) is 0 Å². The van der Waals surface area contributed by atoms with Crippen molar-refractivity contribution in [2.75, 3.05) is 0 Å². The van der Waals surface area contributed by atoms with Crippen molar-refractivity contribution < 1.29 is 0 Å². The maximum absolute atomic E-state index is 6.39. The van der Waals surface area contributed by atoms with Crippen molar-refractivity contribution in [2.45, 2.75) is 44.1 Å². The molecule has 1 aromatic carbocycles. The van der Waals surface area contributed by atoms with Crippen LogP contribution < -0.4 is 5.73 Å². The third-order valence-electron chi connectivity index (χ3n) is 4.63. The standard InChI is InChI=1S/C15H20ClN3/c1-15(8-4-3-5-13(15)17)14-18-11-7-6-10(16)9-12(11)19(14)2/h6-7,9,13H,3-5,8,17H2,1-2H3. The Hall–Kier alpha value is -1.06. The van der Waals surface area contributed by atoms with Crippen LogP contribution in [0.1, 0.15) is 38.4 Å². The summed E-state index contributed by atoms with van der Waals surface area (Å²) >= 11 is 6.08. The van der Waals surface area contributed by atoms with Crippen LogP contribution in [0.3, 0.4) is 0 Å². The molecule has 0 radical (unpaired) electrons. The number of hydrogen-bond acceptors (Lipinski definition) is 2. The van der Waals surface area contributed by atoms with E-state index in [1.54, 1.807) is 0 Å². The summed E-state index contributed by atoms with van der Waals surface area (Å²) < 4.78 is 2.16. The number of nitrogens with two attached hydrogens (primary N) is 1. The zero-order valence-corrected chi connectivity index (χ0v) is 12.2. The highest BCUT2D eigenvalue weighted by Crippen LogP contribution is 2.38. The number of hydrogen-bond donors (Lipinski definition) is 1. The lowest BCUT2D eigenvalue weighted by Gasteiger charge is -2.38. The Morgan fingerprint density at radius 3 is 2.95 bits per heavy atom. The SMILES string of the molecule is Cn1c(C2(C)CCCCC2N)nc2ccc(Cl)cc21. The van der Waals surface area contributed by atoms with Crippen LogP contribution in [0.25, 0.3) is 11.0 Å². The molecule has 0 aliphatic heterocycles. The fourth-order valence-corrected chi connectivity index (χ4v) is 3.48. The molecule has 0 bridgehead atoms. The van der Waals surface area contributed by atoms with Crippen molar-refractivity contribution in [3.05, 3.63) is 29.0 Å². The van der Waals surface area contributed by atoms with E-state index in [1.165, 1.54) is 12.8 Å². The number of rotatable bonds is 1. The first kappa shape index (κ1) is 12.9. The number of imidazole rings is 1. The van der Waals surface area contributed by atoms with E-state index in [0.717, 1.165) is 34.7 Å². The summed E-state index contributed by atoms with van der Waals surface area (Å²) in [5, 5.41) is 0.750. The summed E-state index contributed by atoms with van der Waals surface area (Å²) in [5.74, 6) is 1.09. The molecule has 0 spiro atoms. The van der Waals surface area contributed by atoms with Gasteiger partial charge < -0.3 is 10.3 Å². The van der Waals surface area contributed by atoms with Gasteiger partial charge in [-0.25, -0.2) is 4.98 Å². The van der Waals surface area contributed by atoms with Crippen molar-refractivity contribution in [2.24, 2.45) is 12.8 Å². The summed E-state index contributed by atoms with van der Waals surface area (Å²) in [5.41, 5.74) is 8.44. The largest absolute Gasteiger partial charge is 0.331 e. The Morgan fingerprint density at radius 1 is 1.42 bits per heavy atom. The van der Waals surface area contributed by atoms with Crippen LogP contribution in [0.2, 0.25) is 5.02 Å². The molecule has 1 aliphatic rings. The average Bonchev–Trinajstić information content (AvgIpc) is 2.71. The Labute approximate surface area is 118 Å². The summed E-state index contributed by atoms with van der Waals surface area (Å²) in [6.07, 6.45) is 4.65. The van der Waals surface area contributed by atoms with E-state index >= 15 is 0 Å². The highest BCUT2D eigenvalue weighted by Gasteiger charge is 2.39. The Balaban J connectivity index is 2.17. The van der Waals surface area contributed by atoms with Gasteiger partial charge in [0.05, 0.1) is 11.0 Å². The second-order valence-corrected chi connectivity index (χ2v) is 6.33. The van der Waals surface area contributed by atoms with Gasteiger partial charge in [-0.05, 0) is 31.0 Å². The zero-order chi connectivity index (χ0) is 13.6. The fraction of sp³-hybridized carbons (Fsp3) is 0.533. The monoisotopic (exact) mass is 277 g/mol. The highest BCUT2D eigenvalue weighted by molar-refractivity contribution is 6.31. The van der Waals surface area contributed by atoms with Crippen molar-refractivity contribution in [3.63, 3.8) is 0 Å². The number of nitrogens with zero attached hydrogens (tertiary/aromatic N) is 2. The first-order chi connectivity index (χ1) is 9.02. The Bertz CT molecular complexity index is 619. The normalized spacial score (nSPS) is 27.9. The van der Waals surface area contributed by atoms with Gasteiger partial charge >= 0.3 is 0 Å². The van der Waals surface area contributed by atoms with Crippen molar-refractivity contribution in [1.29, 1.82) is 0 Å². The van der Waals surface area contributed by atoms with Gasteiger partial charge in [-0.2, -0.15) is 0 Å². The molecule has 19 heavy (non-hydrogen) atoms. The molecule has 3 nitrogen and oxygen atoms in total. The molecule has 1 heterocycles. The van der Waals surface area contributed by atoms with E-state index in [4.69, 9.17) is 22.3 Å². The highest BCUT2D eigenvalue weighted by atomic mass is 35.5. The van der Waals surface area contributed by atoms with Gasteiger partial charge in [0.2, 0.25) is 0 Å². The van der Waals surface area contributed by atoms with Crippen molar-refractivity contribution in [3.8, 4) is 0 Å². The number of aromatic nitrogens is 2. The van der Waals surface area contributed by atoms with Crippen LogP contribution in [-0.2, 0) is 12.5 Å². The molecule has 2 atom stereocenters. The fourth-order valence-electron chi connectivity index (χ4n) is 3.31. The minimum Gasteiger partial charge on any atom is -0.331 e. The van der Waals surface area contributed by atoms with E-state index in [9.17, 15) is 0 Å². The first-order valence-corrected chi connectivity index (χ1v) is 7.28. The molecule has 3 rings (SSSR count). The quantitative estimate of drug-likeness (QED) is 0.868. The predicted octanol–water partition coefficient (Wildman–Crippen LogP) is 3.39. The maximum atomic E-state index is 6.39. The summed E-state index contributed by atoms with van der Waals surface area (Å²) in [6.45, 7) is 2.25. The predicted molar refractivity (Wildman–Crippen MR) is 79.5 cm³/mol. The van der Waals surface area contributed by atoms with Crippen LogP contribution >= 0.6 is 11.6 Å². The summed E-state index contributed by atoms with van der Waals surface area (Å²) in [6, 6.07) is 6.04. The molecule has 102 valence electrons. The number of aryl methyl sites for hydroxylation is 1. The van der Waals surface area contributed by atoms with Crippen LogP contribution in [0.15, 0.2) is 18.2 Å². The molecular weight excluding hydrogens is 258 g/mol. The van der Waals surface area contributed by atoms with Crippen LogP contribution in [0, 0.1) is 0 Å². The molecule has 0 saturated heterocycles. The summed E-state index contributed by atoms with van der Waals surface area (Å²) in [7, 11) is 2.06. The molecule has 4 heteroatoms. The lowest BCUT2D eigenvalue weighted by molar-refractivity contribution is 0.254. The Morgan fingerprint density at radius 2 is 2.21 bits per heavy atom. The molecule has 0 amide bonds. The van der Waals surface area contributed by atoms with E-state index in [2.05, 4.69) is 18.5 Å². The van der Waals surface area contributed by atoms with Gasteiger partial charge in [0.1, 0.15) is 5.82 Å². The van der Waals surface area contributed by atoms with E-state index < -0.39 is 0 Å². The number of fused-ring (bicyclic) bond motifs is 1. The molecule has 2 aromatic rings. The molecule has 1 aromatic heterocycles. The first-order valence-electron chi connectivity index (χ1n) is 6.90. The van der Waals surface area contributed by atoms with Gasteiger partial charge in [0, 0.05) is 23.5 Å². The van der Waals surface area contributed by atoms with Gasteiger partial charge in [0.15, 0.2) is 0 Å². The second kappa shape index (κ2) is 4.50. The molecule has 1 aliphatic carbocycles. The minimum atomic E-state index is -0.0293. The summed E-state index contributed by atoms with van der Waals surface area (Å²) in [4.78, 5) is 4.82. The second-order valence-electron chi connectivity index (χ2n) is 5.90. The smallest absolute Gasteiger partial charge is 0.117 e. The maximum Gasteiger partial charge on any atom is 0.117 e. The van der Waals surface area contributed by atoms with E-state index in [0.29, 0.717) is 0 Å². The topological polar surface area (TPSA) is 43.8 Å². The van der Waals surface area contributed by atoms with Gasteiger partial charge in [-0.15, -0.1) is 0 Å². The minimum absolute atomic E-state index is 0.0293. The Kier molecular flexibility index (Phi) is 3.06. The van der Waals surface area contributed by atoms with E-state index in [1.807, 2.05) is 18.2 Å².